The molecule has 0 bridgehead atoms. The summed E-state index contributed by atoms with van der Waals surface area (Å²) in [5.74, 6) is 2.23. The van der Waals surface area contributed by atoms with Gasteiger partial charge in [-0.3, -0.25) is 4.79 Å². The molecule has 0 aliphatic carbocycles. The summed E-state index contributed by atoms with van der Waals surface area (Å²) in [5, 5.41) is 2.94. The van der Waals surface area contributed by atoms with Crippen LogP contribution in [0.4, 0.5) is 0 Å². The van der Waals surface area contributed by atoms with E-state index in [-0.39, 0.29) is 11.9 Å². The van der Waals surface area contributed by atoms with Gasteiger partial charge in [0.25, 0.3) is 0 Å². The number of rotatable bonds is 8. The summed E-state index contributed by atoms with van der Waals surface area (Å²) in [4.78, 5) is 16.2. The Kier molecular flexibility index (Phi) is 6.34. The number of para-hydroxylation sites is 2. The lowest BCUT2D eigenvalue weighted by molar-refractivity contribution is -0.119. The maximum atomic E-state index is 11.5. The van der Waals surface area contributed by atoms with Crippen LogP contribution in [-0.4, -0.2) is 22.1 Å². The van der Waals surface area contributed by atoms with Gasteiger partial charge in [0.15, 0.2) is 0 Å². The Labute approximate surface area is 166 Å². The number of hydrogen-bond acceptors (Lipinski definition) is 3. The van der Waals surface area contributed by atoms with Crippen LogP contribution < -0.4 is 10.1 Å². The molecule has 1 amide bonds. The van der Waals surface area contributed by atoms with Crippen molar-refractivity contribution in [3.63, 3.8) is 0 Å². The van der Waals surface area contributed by atoms with Crippen LogP contribution >= 0.6 is 0 Å². The normalized spacial score (nSPS) is 12.3. The molecule has 0 radical (unpaired) electrons. The summed E-state index contributed by atoms with van der Waals surface area (Å²) in [6.07, 6.45) is 0.853. The van der Waals surface area contributed by atoms with E-state index in [1.165, 1.54) is 12.5 Å². The van der Waals surface area contributed by atoms with Gasteiger partial charge >= 0.3 is 0 Å². The summed E-state index contributed by atoms with van der Waals surface area (Å²) >= 11 is 0. The summed E-state index contributed by atoms with van der Waals surface area (Å²) in [6, 6.07) is 16.2. The van der Waals surface area contributed by atoms with Crippen molar-refractivity contribution in [1.29, 1.82) is 0 Å². The molecule has 1 unspecified atom stereocenters. The summed E-state index contributed by atoms with van der Waals surface area (Å²) < 4.78 is 8.09. The van der Waals surface area contributed by atoms with Crippen LogP contribution in [0.25, 0.3) is 11.0 Å². The van der Waals surface area contributed by atoms with E-state index in [0.717, 1.165) is 35.6 Å². The summed E-state index contributed by atoms with van der Waals surface area (Å²) in [6.45, 7) is 9.27. The number of nitrogens with zero attached hydrogens (tertiary/aromatic N) is 2. The summed E-state index contributed by atoms with van der Waals surface area (Å²) in [7, 11) is 0. The van der Waals surface area contributed by atoms with Gasteiger partial charge in [0.05, 0.1) is 23.7 Å². The molecule has 0 aliphatic heterocycles. The number of imidazole rings is 1. The molecular formula is C23H29N3O2. The van der Waals surface area contributed by atoms with Crippen LogP contribution in [-0.2, 0) is 11.3 Å². The number of hydrogen-bond donors (Lipinski definition) is 1. The van der Waals surface area contributed by atoms with Crippen molar-refractivity contribution in [3.05, 3.63) is 59.9 Å². The van der Waals surface area contributed by atoms with E-state index in [1.54, 1.807) is 0 Å². The van der Waals surface area contributed by atoms with E-state index in [4.69, 9.17) is 9.72 Å². The maximum Gasteiger partial charge on any atom is 0.217 e. The second kappa shape index (κ2) is 8.91. The first-order chi connectivity index (χ1) is 13.5. The highest BCUT2D eigenvalue weighted by molar-refractivity contribution is 5.77. The maximum absolute atomic E-state index is 11.5. The second-order valence-electron chi connectivity index (χ2n) is 7.46. The molecule has 5 heteroatoms. The predicted molar refractivity (Wildman–Crippen MR) is 113 cm³/mol. The Hall–Kier alpha value is -2.82. The van der Waals surface area contributed by atoms with Crippen molar-refractivity contribution in [2.24, 2.45) is 0 Å². The molecule has 1 heterocycles. The largest absolute Gasteiger partial charge is 0.494 e. The Bertz CT molecular complexity index is 929. The minimum absolute atomic E-state index is 0.0562. The highest BCUT2D eigenvalue weighted by Gasteiger charge is 2.17. The second-order valence-corrected chi connectivity index (χ2v) is 7.46. The third-order valence-electron chi connectivity index (χ3n) is 4.83. The van der Waals surface area contributed by atoms with Crippen molar-refractivity contribution in [1.82, 2.24) is 14.9 Å². The fraction of sp³-hybridized carbons (Fsp3) is 0.391. The molecule has 2 aromatic carbocycles. The zero-order valence-electron chi connectivity index (χ0n) is 17.1. The number of benzene rings is 2. The number of carbonyl (C=O) groups excluding carboxylic acids is 1. The zero-order chi connectivity index (χ0) is 20.1. The standard InChI is InChI=1S/C23H29N3O2/c1-16(2)19-10-12-20(13-11-19)28-15-7-14-26-22-9-6-5-8-21(22)25-23(26)17(3)24-18(4)27/h5-6,8-13,16-17H,7,14-15H2,1-4H3,(H,24,27). The number of aromatic nitrogens is 2. The average molecular weight is 380 g/mol. The van der Waals surface area contributed by atoms with Gasteiger partial charge in [-0.2, -0.15) is 0 Å². The molecule has 3 rings (SSSR count). The van der Waals surface area contributed by atoms with Gasteiger partial charge in [0.1, 0.15) is 11.6 Å². The highest BCUT2D eigenvalue weighted by Crippen LogP contribution is 2.22. The Balaban J connectivity index is 1.66. The quantitative estimate of drug-likeness (QED) is 0.571. The average Bonchev–Trinajstić information content (AvgIpc) is 3.04. The van der Waals surface area contributed by atoms with Gasteiger partial charge in [-0.1, -0.05) is 38.1 Å². The van der Waals surface area contributed by atoms with Gasteiger partial charge < -0.3 is 14.6 Å². The lowest BCUT2D eigenvalue weighted by Crippen LogP contribution is -2.26. The molecular weight excluding hydrogens is 350 g/mol. The number of amides is 1. The van der Waals surface area contributed by atoms with E-state index >= 15 is 0 Å². The number of aryl methyl sites for hydroxylation is 1. The molecule has 1 N–H and O–H groups in total. The number of nitrogens with one attached hydrogen (secondary N) is 1. The van der Waals surface area contributed by atoms with Gasteiger partial charge in [-0.05, 0) is 49.1 Å². The van der Waals surface area contributed by atoms with Crippen LogP contribution in [0.2, 0.25) is 0 Å². The summed E-state index contributed by atoms with van der Waals surface area (Å²) in [5.41, 5.74) is 3.34. The first-order valence-corrected chi connectivity index (χ1v) is 9.90. The molecule has 28 heavy (non-hydrogen) atoms. The van der Waals surface area contributed by atoms with E-state index in [2.05, 4.69) is 41.9 Å². The molecule has 0 fully saturated rings. The topological polar surface area (TPSA) is 56.2 Å². The van der Waals surface area contributed by atoms with Crippen molar-refractivity contribution in [2.45, 2.75) is 52.6 Å². The SMILES string of the molecule is CC(=O)NC(C)c1nc2ccccc2n1CCCOc1ccc(C(C)C)cc1. The fourth-order valence-corrected chi connectivity index (χ4v) is 3.39. The highest BCUT2D eigenvalue weighted by atomic mass is 16.5. The van der Waals surface area contributed by atoms with Crippen LogP contribution in [0.15, 0.2) is 48.5 Å². The van der Waals surface area contributed by atoms with E-state index in [9.17, 15) is 4.79 Å². The molecule has 1 aromatic heterocycles. The van der Waals surface area contributed by atoms with Crippen LogP contribution in [0.5, 0.6) is 5.75 Å². The molecule has 0 saturated heterocycles. The van der Waals surface area contributed by atoms with Gasteiger partial charge in [0, 0.05) is 13.5 Å². The molecule has 5 nitrogen and oxygen atoms in total. The molecule has 0 aliphatic rings. The molecule has 3 aromatic rings. The molecule has 148 valence electrons. The van der Waals surface area contributed by atoms with E-state index in [1.807, 2.05) is 37.3 Å². The third kappa shape index (κ3) is 4.71. The van der Waals surface area contributed by atoms with E-state index < -0.39 is 0 Å². The van der Waals surface area contributed by atoms with Crippen LogP contribution in [0.3, 0.4) is 0 Å². The first-order valence-electron chi connectivity index (χ1n) is 9.90. The number of fused-ring (bicyclic) bond motifs is 1. The van der Waals surface area contributed by atoms with Crippen molar-refractivity contribution in [3.8, 4) is 5.75 Å². The minimum atomic E-state index is -0.144. The van der Waals surface area contributed by atoms with Gasteiger partial charge in [0.2, 0.25) is 5.91 Å². The Morgan fingerprint density at radius 1 is 1.11 bits per heavy atom. The van der Waals surface area contributed by atoms with Gasteiger partial charge in [-0.25, -0.2) is 4.98 Å². The van der Waals surface area contributed by atoms with Gasteiger partial charge in [-0.15, -0.1) is 0 Å². The first kappa shape index (κ1) is 19.9. The number of carbonyl (C=O) groups is 1. The molecule has 1 atom stereocenters. The Morgan fingerprint density at radius 2 is 1.82 bits per heavy atom. The van der Waals surface area contributed by atoms with Crippen molar-refractivity contribution >= 4 is 16.9 Å². The molecule has 0 saturated carbocycles. The monoisotopic (exact) mass is 379 g/mol. The minimum Gasteiger partial charge on any atom is -0.494 e. The smallest absolute Gasteiger partial charge is 0.217 e. The number of ether oxygens (including phenoxy) is 1. The lowest BCUT2D eigenvalue weighted by Gasteiger charge is -2.16. The Morgan fingerprint density at radius 3 is 2.50 bits per heavy atom. The van der Waals surface area contributed by atoms with Crippen LogP contribution in [0.1, 0.15) is 57.5 Å². The van der Waals surface area contributed by atoms with Crippen molar-refractivity contribution < 1.29 is 9.53 Å². The van der Waals surface area contributed by atoms with E-state index in [0.29, 0.717) is 12.5 Å². The zero-order valence-corrected chi connectivity index (χ0v) is 17.1. The fourth-order valence-electron chi connectivity index (χ4n) is 3.39. The molecule has 0 spiro atoms. The van der Waals surface area contributed by atoms with Crippen molar-refractivity contribution in [2.75, 3.05) is 6.61 Å². The lowest BCUT2D eigenvalue weighted by atomic mass is 10.0. The van der Waals surface area contributed by atoms with Crippen LogP contribution in [0, 0.1) is 0 Å². The predicted octanol–water partition coefficient (Wildman–Crippen LogP) is 4.83. The third-order valence-corrected chi connectivity index (χ3v) is 4.83.